The average molecular weight is 663 g/mol. The highest BCUT2D eigenvalue weighted by Crippen LogP contribution is 2.59. The Labute approximate surface area is 264 Å². The molecule has 2 aliphatic heterocycles. The first-order valence-corrected chi connectivity index (χ1v) is 16.2. The minimum absolute atomic E-state index is 0.0292. The smallest absolute Gasteiger partial charge is 0.380 e. The van der Waals surface area contributed by atoms with E-state index in [2.05, 4.69) is 10.6 Å². The Morgan fingerprint density at radius 1 is 1.17 bits per heavy atom. The number of alkyl halides is 2. The van der Waals surface area contributed by atoms with E-state index in [4.69, 9.17) is 20.3 Å². The number of allylic oxidation sites excluding steroid dienone is 1. The maximum Gasteiger partial charge on any atom is 0.399 e. The van der Waals surface area contributed by atoms with Crippen LogP contribution >= 0.6 is 7.60 Å². The van der Waals surface area contributed by atoms with E-state index in [0.717, 1.165) is 23.3 Å². The molecule has 0 aliphatic carbocycles. The summed E-state index contributed by atoms with van der Waals surface area (Å²) in [5.41, 5.74) is 3.08. The molecule has 6 N–H and O–H groups in total. The molecule has 2 aliphatic rings. The summed E-state index contributed by atoms with van der Waals surface area (Å²) in [7, 11) is -4.25. The molecule has 0 fully saturated rings. The van der Waals surface area contributed by atoms with Gasteiger partial charge in [0, 0.05) is 31.6 Å². The molecule has 0 unspecified atom stereocenters. The molecule has 0 aromatic heterocycles. The lowest BCUT2D eigenvalue weighted by atomic mass is 10.0. The van der Waals surface area contributed by atoms with Crippen molar-refractivity contribution in [2.45, 2.75) is 75.8 Å². The summed E-state index contributed by atoms with van der Waals surface area (Å²) >= 11 is 0. The van der Waals surface area contributed by atoms with Crippen LogP contribution in [0.3, 0.4) is 0 Å². The summed E-state index contributed by atoms with van der Waals surface area (Å²) in [5.74, 6) is -2.07. The van der Waals surface area contributed by atoms with Gasteiger partial charge in [0.25, 0.3) is 0 Å². The van der Waals surface area contributed by atoms with Crippen molar-refractivity contribution in [3.63, 3.8) is 0 Å². The van der Waals surface area contributed by atoms with Crippen molar-refractivity contribution < 1.29 is 47.0 Å². The van der Waals surface area contributed by atoms with Crippen molar-refractivity contribution in [3.8, 4) is 0 Å². The molecule has 15 heteroatoms. The van der Waals surface area contributed by atoms with Gasteiger partial charge in [-0.15, -0.1) is 0 Å². The van der Waals surface area contributed by atoms with Gasteiger partial charge < -0.3 is 30.9 Å². The number of nitrogens with zero attached hydrogens (tertiary/aromatic N) is 1. The number of nitrogens with one attached hydrogen (secondary N) is 2. The number of nitrogens with two attached hydrogens (primary N) is 1. The van der Waals surface area contributed by atoms with Gasteiger partial charge in [-0.1, -0.05) is 42.5 Å². The summed E-state index contributed by atoms with van der Waals surface area (Å²) in [5, 5.41) is 5.63. The molecule has 2 aromatic rings. The van der Waals surface area contributed by atoms with E-state index in [9.17, 15) is 32.5 Å². The first-order chi connectivity index (χ1) is 21.5. The fourth-order valence-corrected chi connectivity index (χ4v) is 6.22. The molecule has 248 valence electrons. The van der Waals surface area contributed by atoms with Crippen LogP contribution in [-0.2, 0) is 47.0 Å². The van der Waals surface area contributed by atoms with Crippen LogP contribution in [0.2, 0.25) is 0 Å². The zero-order valence-corrected chi connectivity index (χ0v) is 26.4. The van der Waals surface area contributed by atoms with E-state index in [1.807, 2.05) is 18.2 Å². The molecule has 0 saturated carbocycles. The van der Waals surface area contributed by atoms with Crippen LogP contribution in [0.15, 0.2) is 48.5 Å². The minimum Gasteiger partial charge on any atom is -0.380 e. The fraction of sp³-hybridized carbons (Fsp3) is 0.419. The molecule has 0 saturated heterocycles. The first kappa shape index (κ1) is 34.9. The molecule has 0 radical (unpaired) electrons. The second-order valence-electron chi connectivity index (χ2n) is 11.5. The Kier molecular flexibility index (Phi) is 10.5. The highest BCUT2D eigenvalue weighted by Gasteiger charge is 2.50. The highest BCUT2D eigenvalue weighted by molar-refractivity contribution is 7.52. The van der Waals surface area contributed by atoms with Crippen molar-refractivity contribution in [2.24, 2.45) is 5.73 Å². The summed E-state index contributed by atoms with van der Waals surface area (Å²) in [6.07, 6.45) is 1.98. The van der Waals surface area contributed by atoms with Crippen LogP contribution in [-0.4, -0.2) is 64.8 Å². The van der Waals surface area contributed by atoms with Crippen LogP contribution in [0.1, 0.15) is 55.4 Å². The van der Waals surface area contributed by atoms with Gasteiger partial charge in [0.1, 0.15) is 12.1 Å². The molecule has 2 heterocycles. The average Bonchev–Trinajstić information content (AvgIpc) is 3.34. The van der Waals surface area contributed by atoms with Gasteiger partial charge in [0.05, 0.1) is 17.8 Å². The third kappa shape index (κ3) is 7.36. The first-order valence-electron chi connectivity index (χ1n) is 14.6. The molecule has 4 rings (SSSR count). The second-order valence-corrected chi connectivity index (χ2v) is 13.2. The summed E-state index contributed by atoms with van der Waals surface area (Å²) < 4.78 is 44.6. The Hall–Kier alpha value is -3.97. The van der Waals surface area contributed by atoms with Gasteiger partial charge in [0.2, 0.25) is 23.6 Å². The number of aryl methyl sites for hydroxylation is 1. The van der Waals surface area contributed by atoms with Crippen LogP contribution in [0.5, 0.6) is 0 Å². The third-order valence-corrected chi connectivity index (χ3v) is 9.38. The largest absolute Gasteiger partial charge is 0.399 e. The molecular formula is C31H37F2N4O8P. The summed E-state index contributed by atoms with van der Waals surface area (Å²) in [6, 6.07) is 7.29. The predicted molar refractivity (Wildman–Crippen MR) is 165 cm³/mol. The van der Waals surface area contributed by atoms with Crippen molar-refractivity contribution >= 4 is 42.5 Å². The van der Waals surface area contributed by atoms with Gasteiger partial charge in [-0.05, 0) is 55.4 Å². The number of carbonyl (C=O) groups is 4. The zero-order valence-electron chi connectivity index (χ0n) is 25.5. The number of rotatable bonds is 12. The van der Waals surface area contributed by atoms with E-state index < -0.39 is 66.7 Å². The number of benzene rings is 2. The molecule has 2 aromatic carbocycles. The van der Waals surface area contributed by atoms with Crippen LogP contribution in [0.4, 0.5) is 14.5 Å². The van der Waals surface area contributed by atoms with Gasteiger partial charge in [-0.25, -0.2) is 0 Å². The fourth-order valence-electron chi connectivity index (χ4n) is 5.74. The maximum atomic E-state index is 14.0. The maximum absolute atomic E-state index is 14.0. The number of para-hydroxylation sites is 1. The number of carbonyl (C=O) groups excluding carboxylic acids is 4. The van der Waals surface area contributed by atoms with Gasteiger partial charge >= 0.3 is 13.3 Å². The Morgan fingerprint density at radius 2 is 1.83 bits per heavy atom. The van der Waals surface area contributed by atoms with E-state index in [0.29, 0.717) is 23.2 Å². The van der Waals surface area contributed by atoms with Crippen molar-refractivity contribution in [1.82, 2.24) is 10.6 Å². The van der Waals surface area contributed by atoms with Crippen molar-refractivity contribution in [1.29, 1.82) is 0 Å². The molecular weight excluding hydrogens is 625 g/mol. The van der Waals surface area contributed by atoms with E-state index in [1.54, 1.807) is 13.8 Å². The number of amides is 4. The second kappa shape index (κ2) is 13.8. The lowest BCUT2D eigenvalue weighted by molar-refractivity contribution is -0.129. The monoisotopic (exact) mass is 662 g/mol. The topological polar surface area (TPSA) is 188 Å². The lowest BCUT2D eigenvalue weighted by Gasteiger charge is -2.30. The molecule has 0 spiro atoms. The number of ether oxygens (including phenoxy) is 1. The van der Waals surface area contributed by atoms with E-state index in [-0.39, 0.29) is 25.7 Å². The van der Waals surface area contributed by atoms with Gasteiger partial charge in [-0.3, -0.25) is 28.6 Å². The summed E-state index contributed by atoms with van der Waals surface area (Å²) in [6.45, 7) is 3.29. The lowest BCUT2D eigenvalue weighted by Crippen LogP contribution is -2.56. The molecule has 46 heavy (non-hydrogen) atoms. The number of hydrogen-bond acceptors (Lipinski definition) is 6. The highest BCUT2D eigenvalue weighted by atomic mass is 31.2. The van der Waals surface area contributed by atoms with E-state index in [1.165, 1.54) is 30.2 Å². The normalized spacial score (nSPS) is 19.6. The van der Waals surface area contributed by atoms with Crippen LogP contribution in [0.25, 0.3) is 5.57 Å². The Morgan fingerprint density at radius 3 is 2.43 bits per heavy atom. The third-order valence-electron chi connectivity index (χ3n) is 8.39. The standard InChI is InChI=1S/C31H37F2N4O8P/c1-17(19-7-10-22(11-8-19)31(32,33)46(42,43)44)15-27(39)35-24-12-9-20-5-4-6-21-16-25(37(28(20)21)30(24)41)29(40)36-23(18(2)45-3)13-14-26(34)38/h4-8,10-11,15,18,23-25H,9,12-14,16H2,1-3H3,(H2,34,38)(H,35,39)(H,36,40)(H2,42,43,44)/b17-15+/t18-,23+,24+,25+/m1/s1. The molecule has 0 bridgehead atoms. The van der Waals surface area contributed by atoms with E-state index >= 15 is 0 Å². The number of halogens is 2. The van der Waals surface area contributed by atoms with Gasteiger partial charge in [0.15, 0.2) is 0 Å². The Balaban J connectivity index is 1.53. The van der Waals surface area contributed by atoms with Crippen LogP contribution in [0, 0.1) is 0 Å². The summed E-state index contributed by atoms with van der Waals surface area (Å²) in [4.78, 5) is 71.5. The number of primary amides is 1. The predicted octanol–water partition coefficient (Wildman–Crippen LogP) is 2.49. The minimum atomic E-state index is -5.73. The number of methoxy groups -OCH3 is 1. The molecule has 12 nitrogen and oxygen atoms in total. The molecule has 4 atom stereocenters. The van der Waals surface area contributed by atoms with Crippen molar-refractivity contribution in [3.05, 3.63) is 70.8 Å². The SMILES string of the molecule is CO[C@H](C)[C@H](CCC(N)=O)NC(=O)[C@@H]1Cc2cccc3c2N1C(=O)[C@@H](NC(=O)/C=C(\C)c1ccc(C(F)(F)P(=O)(O)O)cc1)CC3. The Bertz CT molecular complexity index is 1590. The quantitative estimate of drug-likeness (QED) is 0.169. The molecule has 4 amide bonds. The number of anilines is 1. The zero-order chi connectivity index (χ0) is 34.0. The van der Waals surface area contributed by atoms with Crippen molar-refractivity contribution in [2.75, 3.05) is 12.0 Å². The number of hydrogen-bond donors (Lipinski definition) is 5. The van der Waals surface area contributed by atoms with Gasteiger partial charge in [-0.2, -0.15) is 8.78 Å². The van der Waals surface area contributed by atoms with Crippen LogP contribution < -0.4 is 21.3 Å².